The first kappa shape index (κ1) is 13.8. The molecule has 0 spiro atoms. The van der Waals surface area contributed by atoms with Crippen molar-refractivity contribution in [3.05, 3.63) is 0 Å². The number of carbonyl (C=O) groups is 1. The van der Waals surface area contributed by atoms with Crippen molar-refractivity contribution in [2.45, 2.75) is 50.2 Å². The molecule has 1 heterocycles. The third-order valence-electron chi connectivity index (χ3n) is 3.79. The Morgan fingerprint density at radius 2 is 2.11 bits per heavy atom. The van der Waals surface area contributed by atoms with E-state index in [1.165, 1.54) is 19.3 Å². The van der Waals surface area contributed by atoms with Crippen molar-refractivity contribution >= 4 is 5.91 Å². The van der Waals surface area contributed by atoms with Gasteiger partial charge in [0.05, 0.1) is 13.2 Å². The molecule has 5 heteroatoms. The zero-order valence-electron chi connectivity index (χ0n) is 10.9. The maximum atomic E-state index is 11.7. The Hall–Kier alpha value is -0.650. The second kappa shape index (κ2) is 6.50. The van der Waals surface area contributed by atoms with E-state index in [-0.39, 0.29) is 12.5 Å². The molecule has 1 saturated heterocycles. The molecule has 1 saturated carbocycles. The molecule has 2 aliphatic rings. The summed E-state index contributed by atoms with van der Waals surface area (Å²) in [7, 11) is 0. The van der Waals surface area contributed by atoms with Crippen LogP contribution in [0.3, 0.4) is 0 Å². The smallest absolute Gasteiger partial charge is 0.234 e. The molecular formula is C13H24N2O3. The molecule has 104 valence electrons. The molecule has 0 aromatic rings. The van der Waals surface area contributed by atoms with Gasteiger partial charge in [-0.3, -0.25) is 4.79 Å². The molecule has 1 aliphatic carbocycles. The highest BCUT2D eigenvalue weighted by Crippen LogP contribution is 2.17. The van der Waals surface area contributed by atoms with Crippen LogP contribution in [0, 0.1) is 0 Å². The lowest BCUT2D eigenvalue weighted by molar-refractivity contribution is -0.121. The second-order valence-corrected chi connectivity index (χ2v) is 5.53. The summed E-state index contributed by atoms with van der Waals surface area (Å²) in [5.41, 5.74) is -0.787. The Bertz CT molecular complexity index is 271. The van der Waals surface area contributed by atoms with Crippen molar-refractivity contribution in [3.63, 3.8) is 0 Å². The fourth-order valence-electron chi connectivity index (χ4n) is 2.67. The molecule has 2 rings (SSSR count). The van der Waals surface area contributed by atoms with Gasteiger partial charge in [0.15, 0.2) is 0 Å². The maximum absolute atomic E-state index is 11.7. The summed E-state index contributed by atoms with van der Waals surface area (Å²) in [5.74, 6) is 0.0319. The summed E-state index contributed by atoms with van der Waals surface area (Å²) in [6.07, 6.45) is 6.57. The van der Waals surface area contributed by atoms with Crippen molar-refractivity contribution in [1.82, 2.24) is 10.6 Å². The van der Waals surface area contributed by atoms with E-state index in [1.54, 1.807) is 0 Å². The molecule has 1 atom stereocenters. The van der Waals surface area contributed by atoms with Gasteiger partial charge in [-0.2, -0.15) is 0 Å². The summed E-state index contributed by atoms with van der Waals surface area (Å²) in [6.45, 7) is 1.67. The average molecular weight is 256 g/mol. The molecule has 5 nitrogen and oxygen atoms in total. The van der Waals surface area contributed by atoms with Crippen molar-refractivity contribution < 1.29 is 14.6 Å². The topological polar surface area (TPSA) is 70.6 Å². The van der Waals surface area contributed by atoms with E-state index in [0.717, 1.165) is 12.8 Å². The first-order valence-corrected chi connectivity index (χ1v) is 6.98. The van der Waals surface area contributed by atoms with E-state index >= 15 is 0 Å². The van der Waals surface area contributed by atoms with Crippen LogP contribution >= 0.6 is 0 Å². The zero-order chi connectivity index (χ0) is 12.8. The third-order valence-corrected chi connectivity index (χ3v) is 3.79. The monoisotopic (exact) mass is 256 g/mol. The molecule has 1 unspecified atom stereocenters. The predicted octanol–water partition coefficient (Wildman–Crippen LogP) is 0.176. The quantitative estimate of drug-likeness (QED) is 0.656. The number of ether oxygens (including phenoxy) is 1. The van der Waals surface area contributed by atoms with Crippen molar-refractivity contribution in [2.24, 2.45) is 0 Å². The van der Waals surface area contributed by atoms with Gasteiger partial charge in [-0.05, 0) is 12.8 Å². The SMILES string of the molecule is O=C(CNCC1(O)CCOC1)NC1CCCCC1. The van der Waals surface area contributed by atoms with Gasteiger partial charge >= 0.3 is 0 Å². The Kier molecular flexibility index (Phi) is 4.97. The van der Waals surface area contributed by atoms with Gasteiger partial charge in [-0.15, -0.1) is 0 Å². The van der Waals surface area contributed by atoms with Crippen LogP contribution in [0.5, 0.6) is 0 Å². The third kappa shape index (κ3) is 4.23. The van der Waals surface area contributed by atoms with Gasteiger partial charge in [0, 0.05) is 25.6 Å². The van der Waals surface area contributed by atoms with E-state index in [4.69, 9.17) is 4.74 Å². The van der Waals surface area contributed by atoms with Crippen LogP contribution in [-0.2, 0) is 9.53 Å². The summed E-state index contributed by atoms with van der Waals surface area (Å²) in [6, 6.07) is 0.353. The van der Waals surface area contributed by atoms with E-state index in [2.05, 4.69) is 10.6 Å². The van der Waals surface area contributed by atoms with Crippen LogP contribution in [0.25, 0.3) is 0 Å². The lowest BCUT2D eigenvalue weighted by atomic mass is 9.95. The van der Waals surface area contributed by atoms with Crippen LogP contribution in [0.2, 0.25) is 0 Å². The highest BCUT2D eigenvalue weighted by Gasteiger charge is 2.31. The van der Waals surface area contributed by atoms with Crippen molar-refractivity contribution in [3.8, 4) is 0 Å². The minimum absolute atomic E-state index is 0.0319. The van der Waals surface area contributed by atoms with Gasteiger partial charge in [-0.1, -0.05) is 19.3 Å². The van der Waals surface area contributed by atoms with Crippen molar-refractivity contribution in [2.75, 3.05) is 26.3 Å². The highest BCUT2D eigenvalue weighted by atomic mass is 16.5. The average Bonchev–Trinajstić information content (AvgIpc) is 2.77. The normalized spacial score (nSPS) is 29.4. The van der Waals surface area contributed by atoms with Crippen molar-refractivity contribution in [1.29, 1.82) is 0 Å². The number of carbonyl (C=O) groups excluding carboxylic acids is 1. The Balaban J connectivity index is 1.59. The molecule has 0 aromatic carbocycles. The largest absolute Gasteiger partial charge is 0.386 e. The standard InChI is InChI=1S/C13H24N2O3/c16-12(15-11-4-2-1-3-5-11)8-14-9-13(17)6-7-18-10-13/h11,14,17H,1-10H2,(H,15,16). The fourth-order valence-corrected chi connectivity index (χ4v) is 2.67. The van der Waals surface area contributed by atoms with Crippen LogP contribution < -0.4 is 10.6 Å². The minimum Gasteiger partial charge on any atom is -0.386 e. The molecule has 0 bridgehead atoms. The predicted molar refractivity (Wildman–Crippen MR) is 68.3 cm³/mol. The summed E-state index contributed by atoms with van der Waals surface area (Å²) in [4.78, 5) is 11.7. The summed E-state index contributed by atoms with van der Waals surface area (Å²) >= 11 is 0. The minimum atomic E-state index is -0.787. The van der Waals surface area contributed by atoms with Crippen LogP contribution in [-0.4, -0.2) is 49.0 Å². The Morgan fingerprint density at radius 1 is 1.33 bits per heavy atom. The molecule has 18 heavy (non-hydrogen) atoms. The first-order valence-electron chi connectivity index (χ1n) is 6.98. The Labute approximate surface area is 108 Å². The number of amides is 1. The first-order chi connectivity index (χ1) is 8.68. The number of aliphatic hydroxyl groups is 1. The van der Waals surface area contributed by atoms with Gasteiger partial charge in [0.1, 0.15) is 5.60 Å². The summed E-state index contributed by atoms with van der Waals surface area (Å²) < 4.78 is 5.15. The molecule has 1 amide bonds. The fraction of sp³-hybridized carbons (Fsp3) is 0.923. The van der Waals surface area contributed by atoms with E-state index in [0.29, 0.717) is 32.2 Å². The highest BCUT2D eigenvalue weighted by molar-refractivity contribution is 5.78. The second-order valence-electron chi connectivity index (χ2n) is 5.53. The van der Waals surface area contributed by atoms with Gasteiger partial charge in [-0.25, -0.2) is 0 Å². The molecule has 0 aromatic heterocycles. The zero-order valence-corrected chi connectivity index (χ0v) is 10.9. The van der Waals surface area contributed by atoms with E-state index in [9.17, 15) is 9.90 Å². The van der Waals surface area contributed by atoms with E-state index < -0.39 is 5.60 Å². The Morgan fingerprint density at radius 3 is 2.78 bits per heavy atom. The maximum Gasteiger partial charge on any atom is 0.234 e. The summed E-state index contributed by atoms with van der Waals surface area (Å²) in [5, 5.41) is 16.1. The number of rotatable bonds is 5. The van der Waals surface area contributed by atoms with Gasteiger partial charge < -0.3 is 20.5 Å². The van der Waals surface area contributed by atoms with Crippen LogP contribution in [0.15, 0.2) is 0 Å². The van der Waals surface area contributed by atoms with E-state index in [1.807, 2.05) is 0 Å². The molecule has 2 fully saturated rings. The van der Waals surface area contributed by atoms with Crippen LogP contribution in [0.4, 0.5) is 0 Å². The molecule has 3 N–H and O–H groups in total. The van der Waals surface area contributed by atoms with Gasteiger partial charge in [0.25, 0.3) is 0 Å². The van der Waals surface area contributed by atoms with Gasteiger partial charge in [0.2, 0.25) is 5.91 Å². The lowest BCUT2D eigenvalue weighted by Crippen LogP contribution is -2.46. The van der Waals surface area contributed by atoms with Crippen LogP contribution in [0.1, 0.15) is 38.5 Å². The lowest BCUT2D eigenvalue weighted by Gasteiger charge is -2.24. The molecule has 0 radical (unpaired) electrons. The number of hydrogen-bond acceptors (Lipinski definition) is 4. The number of hydrogen-bond donors (Lipinski definition) is 3. The number of nitrogens with one attached hydrogen (secondary N) is 2. The molecule has 1 aliphatic heterocycles. The molecular weight excluding hydrogens is 232 g/mol.